The molecule has 5 nitrogen and oxygen atoms in total. The van der Waals surface area contributed by atoms with Gasteiger partial charge in [-0.05, 0) is 36.9 Å². The van der Waals surface area contributed by atoms with Crippen LogP contribution in [0, 0.1) is 11.3 Å². The number of methoxy groups -OCH3 is 1. The van der Waals surface area contributed by atoms with E-state index in [1.54, 1.807) is 25.3 Å². The lowest BCUT2D eigenvalue weighted by molar-refractivity contribution is -0.117. The van der Waals surface area contributed by atoms with Gasteiger partial charge < -0.3 is 10.1 Å². The number of amides is 1. The van der Waals surface area contributed by atoms with Gasteiger partial charge in [-0.3, -0.25) is 9.69 Å². The van der Waals surface area contributed by atoms with Crippen LogP contribution in [0.1, 0.15) is 11.1 Å². The first-order valence-corrected chi connectivity index (χ1v) is 7.22. The van der Waals surface area contributed by atoms with Crippen LogP contribution in [-0.4, -0.2) is 31.5 Å². The van der Waals surface area contributed by atoms with Crippen LogP contribution in [0.15, 0.2) is 48.5 Å². The summed E-state index contributed by atoms with van der Waals surface area (Å²) in [5, 5.41) is 11.6. The van der Waals surface area contributed by atoms with Crippen molar-refractivity contribution in [1.82, 2.24) is 4.90 Å². The van der Waals surface area contributed by atoms with Crippen molar-refractivity contribution >= 4 is 11.6 Å². The maximum Gasteiger partial charge on any atom is 0.238 e. The molecule has 0 saturated heterocycles. The maximum absolute atomic E-state index is 12.1. The SMILES string of the molecule is COc1cccc(NC(=O)CN(C)Cc2ccc(C#N)cc2)c1. The molecule has 2 aromatic carbocycles. The highest BCUT2D eigenvalue weighted by Gasteiger charge is 2.08. The van der Waals surface area contributed by atoms with Crippen molar-refractivity contribution in [2.75, 3.05) is 26.0 Å². The number of carbonyl (C=O) groups excluding carboxylic acids is 1. The number of hydrogen-bond donors (Lipinski definition) is 1. The van der Waals surface area contributed by atoms with Crippen molar-refractivity contribution in [3.8, 4) is 11.8 Å². The van der Waals surface area contributed by atoms with E-state index in [1.165, 1.54) is 0 Å². The highest BCUT2D eigenvalue weighted by molar-refractivity contribution is 5.92. The van der Waals surface area contributed by atoms with Gasteiger partial charge in [-0.15, -0.1) is 0 Å². The summed E-state index contributed by atoms with van der Waals surface area (Å²) in [4.78, 5) is 14.0. The molecule has 0 atom stereocenters. The predicted molar refractivity (Wildman–Crippen MR) is 89.1 cm³/mol. The molecule has 5 heteroatoms. The molecule has 1 amide bonds. The third-order valence-corrected chi connectivity index (χ3v) is 3.30. The van der Waals surface area contributed by atoms with Gasteiger partial charge in [0.1, 0.15) is 5.75 Å². The molecule has 0 bridgehead atoms. The van der Waals surface area contributed by atoms with E-state index in [9.17, 15) is 4.79 Å². The van der Waals surface area contributed by atoms with E-state index in [0.717, 1.165) is 5.56 Å². The third-order valence-electron chi connectivity index (χ3n) is 3.30. The largest absolute Gasteiger partial charge is 0.497 e. The van der Waals surface area contributed by atoms with Crippen LogP contribution in [0.4, 0.5) is 5.69 Å². The Hall–Kier alpha value is -2.84. The zero-order chi connectivity index (χ0) is 16.7. The number of hydrogen-bond acceptors (Lipinski definition) is 4. The molecule has 1 N–H and O–H groups in total. The van der Waals surface area contributed by atoms with Crippen LogP contribution in [0.3, 0.4) is 0 Å². The Labute approximate surface area is 136 Å². The lowest BCUT2D eigenvalue weighted by atomic mass is 10.1. The Bertz CT molecular complexity index is 705. The molecule has 0 heterocycles. The number of benzene rings is 2. The molecule has 0 aliphatic rings. The molecule has 0 aliphatic heterocycles. The minimum absolute atomic E-state index is 0.0885. The van der Waals surface area contributed by atoms with Crippen LogP contribution < -0.4 is 10.1 Å². The number of likely N-dealkylation sites (N-methyl/N-ethyl adjacent to an activating group) is 1. The molecule has 0 radical (unpaired) electrons. The lowest BCUT2D eigenvalue weighted by Crippen LogP contribution is -2.29. The summed E-state index contributed by atoms with van der Waals surface area (Å²) in [5.41, 5.74) is 2.40. The van der Waals surface area contributed by atoms with Crippen LogP contribution in [0.25, 0.3) is 0 Å². The van der Waals surface area contributed by atoms with Crippen molar-refractivity contribution in [1.29, 1.82) is 5.26 Å². The first-order chi connectivity index (χ1) is 11.1. The molecule has 2 rings (SSSR count). The highest BCUT2D eigenvalue weighted by atomic mass is 16.5. The van der Waals surface area contributed by atoms with Gasteiger partial charge in [0.25, 0.3) is 0 Å². The molecular weight excluding hydrogens is 290 g/mol. The molecule has 23 heavy (non-hydrogen) atoms. The summed E-state index contributed by atoms with van der Waals surface area (Å²) < 4.78 is 5.13. The summed E-state index contributed by atoms with van der Waals surface area (Å²) >= 11 is 0. The first kappa shape index (κ1) is 16.5. The zero-order valence-electron chi connectivity index (χ0n) is 13.2. The van der Waals surface area contributed by atoms with Crippen molar-refractivity contribution in [3.05, 3.63) is 59.7 Å². The van der Waals surface area contributed by atoms with E-state index in [1.807, 2.05) is 42.3 Å². The van der Waals surface area contributed by atoms with Gasteiger partial charge in [-0.25, -0.2) is 0 Å². The fraction of sp³-hybridized carbons (Fsp3) is 0.222. The standard InChI is InChI=1S/C18H19N3O2/c1-21(12-15-8-6-14(11-19)7-9-15)13-18(22)20-16-4-3-5-17(10-16)23-2/h3-10H,12-13H2,1-2H3,(H,20,22). The number of anilines is 1. The van der Waals surface area contributed by atoms with Gasteiger partial charge >= 0.3 is 0 Å². The second-order valence-electron chi connectivity index (χ2n) is 5.26. The summed E-state index contributed by atoms with van der Waals surface area (Å²) in [7, 11) is 3.47. The minimum Gasteiger partial charge on any atom is -0.497 e. The molecule has 118 valence electrons. The maximum atomic E-state index is 12.1. The fourth-order valence-corrected chi connectivity index (χ4v) is 2.20. The molecule has 0 unspecified atom stereocenters. The molecule has 0 fully saturated rings. The van der Waals surface area contributed by atoms with E-state index in [4.69, 9.17) is 10.00 Å². The van der Waals surface area contributed by atoms with Crippen LogP contribution >= 0.6 is 0 Å². The normalized spacial score (nSPS) is 10.2. The van der Waals surface area contributed by atoms with Gasteiger partial charge in [-0.1, -0.05) is 18.2 Å². The quantitative estimate of drug-likeness (QED) is 0.891. The minimum atomic E-state index is -0.0885. The van der Waals surface area contributed by atoms with E-state index in [2.05, 4.69) is 11.4 Å². The second kappa shape index (κ2) is 7.97. The van der Waals surface area contributed by atoms with Crippen LogP contribution in [-0.2, 0) is 11.3 Å². The average molecular weight is 309 g/mol. The molecule has 2 aromatic rings. The van der Waals surface area contributed by atoms with Gasteiger partial charge in [0.05, 0.1) is 25.3 Å². The van der Waals surface area contributed by atoms with Crippen molar-refractivity contribution in [2.45, 2.75) is 6.54 Å². The molecule has 0 aliphatic carbocycles. The molecule has 0 aromatic heterocycles. The summed E-state index contributed by atoms with van der Waals surface area (Å²) in [5.74, 6) is 0.614. The Kier molecular flexibility index (Phi) is 5.73. The Morgan fingerprint density at radius 2 is 2.00 bits per heavy atom. The van der Waals surface area contributed by atoms with Crippen LogP contribution in [0.5, 0.6) is 5.75 Å². The third kappa shape index (κ3) is 5.13. The Balaban J connectivity index is 1.87. The number of rotatable bonds is 6. The predicted octanol–water partition coefficient (Wildman–Crippen LogP) is 2.64. The van der Waals surface area contributed by atoms with Gasteiger partial charge in [0.15, 0.2) is 0 Å². The Morgan fingerprint density at radius 3 is 2.65 bits per heavy atom. The number of carbonyl (C=O) groups is 1. The second-order valence-corrected chi connectivity index (χ2v) is 5.26. The monoisotopic (exact) mass is 309 g/mol. The van der Waals surface area contributed by atoms with Crippen molar-refractivity contribution in [3.63, 3.8) is 0 Å². The molecule has 0 spiro atoms. The highest BCUT2D eigenvalue weighted by Crippen LogP contribution is 2.16. The van der Waals surface area contributed by atoms with E-state index < -0.39 is 0 Å². The first-order valence-electron chi connectivity index (χ1n) is 7.22. The number of ether oxygens (including phenoxy) is 1. The summed E-state index contributed by atoms with van der Waals surface area (Å²) in [6.45, 7) is 0.911. The zero-order valence-corrected chi connectivity index (χ0v) is 13.2. The van der Waals surface area contributed by atoms with Crippen molar-refractivity contribution in [2.24, 2.45) is 0 Å². The Morgan fingerprint density at radius 1 is 1.26 bits per heavy atom. The average Bonchev–Trinajstić information content (AvgIpc) is 2.55. The fourth-order valence-electron chi connectivity index (χ4n) is 2.20. The molecular formula is C18H19N3O2. The van der Waals surface area contributed by atoms with Gasteiger partial charge in [0.2, 0.25) is 5.91 Å². The van der Waals surface area contributed by atoms with E-state index in [0.29, 0.717) is 23.5 Å². The van der Waals surface area contributed by atoms with E-state index in [-0.39, 0.29) is 12.5 Å². The van der Waals surface area contributed by atoms with E-state index >= 15 is 0 Å². The number of nitrogens with zero attached hydrogens (tertiary/aromatic N) is 2. The lowest BCUT2D eigenvalue weighted by Gasteiger charge is -2.16. The van der Waals surface area contributed by atoms with Crippen molar-refractivity contribution < 1.29 is 9.53 Å². The van der Waals surface area contributed by atoms with Crippen LogP contribution in [0.2, 0.25) is 0 Å². The number of nitriles is 1. The number of nitrogens with one attached hydrogen (secondary N) is 1. The summed E-state index contributed by atoms with van der Waals surface area (Å²) in [6, 6.07) is 16.7. The smallest absolute Gasteiger partial charge is 0.238 e. The molecule has 0 saturated carbocycles. The topological polar surface area (TPSA) is 65.4 Å². The van der Waals surface area contributed by atoms with Gasteiger partial charge in [0, 0.05) is 18.3 Å². The summed E-state index contributed by atoms with van der Waals surface area (Å²) in [6.07, 6.45) is 0. The van der Waals surface area contributed by atoms with Gasteiger partial charge in [-0.2, -0.15) is 5.26 Å².